The highest BCUT2D eigenvalue weighted by molar-refractivity contribution is 5.93. The van der Waals surface area contributed by atoms with Crippen LogP contribution in [0.15, 0.2) is 75.9 Å². The molecule has 1 aromatic heterocycles. The third-order valence-electron chi connectivity index (χ3n) is 4.37. The number of benzene rings is 3. The largest absolute Gasteiger partial charge is 0.488 e. The zero-order valence-electron chi connectivity index (χ0n) is 14.0. The monoisotopic (exact) mass is 330 g/mol. The summed E-state index contributed by atoms with van der Waals surface area (Å²) in [5, 5.41) is 1.10. The Balaban J connectivity index is 1.84. The SMILES string of the molecule is CCc1ccc2oc3cccc(OCc4ccccc4)c3c(=O)c2c1. The Morgan fingerprint density at radius 3 is 2.52 bits per heavy atom. The van der Waals surface area contributed by atoms with Crippen molar-refractivity contribution in [2.75, 3.05) is 0 Å². The minimum absolute atomic E-state index is 0.0461. The molecular weight excluding hydrogens is 312 g/mol. The molecule has 0 bridgehead atoms. The van der Waals surface area contributed by atoms with Crippen molar-refractivity contribution in [1.82, 2.24) is 0 Å². The van der Waals surface area contributed by atoms with Gasteiger partial charge in [0.2, 0.25) is 5.43 Å². The van der Waals surface area contributed by atoms with E-state index >= 15 is 0 Å². The summed E-state index contributed by atoms with van der Waals surface area (Å²) in [7, 11) is 0. The minimum atomic E-state index is -0.0461. The van der Waals surface area contributed by atoms with Gasteiger partial charge in [0.1, 0.15) is 28.9 Å². The van der Waals surface area contributed by atoms with E-state index in [4.69, 9.17) is 9.15 Å². The molecule has 3 heteroatoms. The van der Waals surface area contributed by atoms with E-state index in [0.29, 0.717) is 34.3 Å². The van der Waals surface area contributed by atoms with Crippen LogP contribution in [0.1, 0.15) is 18.1 Å². The van der Waals surface area contributed by atoms with Crippen LogP contribution < -0.4 is 10.2 Å². The molecule has 0 aliphatic rings. The van der Waals surface area contributed by atoms with Crippen LogP contribution in [0, 0.1) is 0 Å². The third-order valence-corrected chi connectivity index (χ3v) is 4.37. The topological polar surface area (TPSA) is 39.4 Å². The molecule has 3 nitrogen and oxygen atoms in total. The smallest absolute Gasteiger partial charge is 0.204 e. The van der Waals surface area contributed by atoms with Gasteiger partial charge in [-0.1, -0.05) is 49.4 Å². The van der Waals surface area contributed by atoms with Gasteiger partial charge in [-0.15, -0.1) is 0 Å². The van der Waals surface area contributed by atoms with E-state index in [0.717, 1.165) is 17.5 Å². The first-order valence-electron chi connectivity index (χ1n) is 8.41. The lowest BCUT2D eigenvalue weighted by Crippen LogP contribution is -2.06. The molecular formula is C22H18O3. The van der Waals surface area contributed by atoms with Crippen LogP contribution in [0.25, 0.3) is 21.9 Å². The molecule has 0 aliphatic heterocycles. The number of aryl methyl sites for hydroxylation is 1. The summed E-state index contributed by atoms with van der Waals surface area (Å²) in [6, 6.07) is 21.1. The normalized spacial score (nSPS) is 11.1. The van der Waals surface area contributed by atoms with Gasteiger partial charge in [-0.25, -0.2) is 0 Å². The number of hydrogen-bond acceptors (Lipinski definition) is 3. The molecule has 0 fully saturated rings. The maximum absolute atomic E-state index is 13.0. The number of ether oxygens (including phenoxy) is 1. The average Bonchev–Trinajstić information content (AvgIpc) is 2.67. The standard InChI is InChI=1S/C22H18O3/c1-2-15-11-12-18-17(13-15)22(23)21-19(9-6-10-20(21)25-18)24-14-16-7-4-3-5-8-16/h3-13H,2,14H2,1H3. The van der Waals surface area contributed by atoms with Gasteiger partial charge in [-0.2, -0.15) is 0 Å². The fraction of sp³-hybridized carbons (Fsp3) is 0.136. The zero-order valence-corrected chi connectivity index (χ0v) is 14.0. The summed E-state index contributed by atoms with van der Waals surface area (Å²) in [6.07, 6.45) is 0.875. The fourth-order valence-electron chi connectivity index (χ4n) is 2.99. The van der Waals surface area contributed by atoms with E-state index < -0.39 is 0 Å². The second kappa shape index (κ2) is 6.44. The quantitative estimate of drug-likeness (QED) is 0.489. The molecule has 3 aromatic carbocycles. The summed E-state index contributed by atoms with van der Waals surface area (Å²) >= 11 is 0. The van der Waals surface area contributed by atoms with Crippen LogP contribution in [-0.2, 0) is 13.0 Å². The number of hydrogen-bond donors (Lipinski definition) is 0. The second-order valence-electron chi connectivity index (χ2n) is 6.02. The van der Waals surface area contributed by atoms with E-state index in [1.807, 2.05) is 60.7 Å². The summed E-state index contributed by atoms with van der Waals surface area (Å²) in [5.41, 5.74) is 3.28. The summed E-state index contributed by atoms with van der Waals surface area (Å²) in [6.45, 7) is 2.48. The van der Waals surface area contributed by atoms with Crippen LogP contribution in [0.3, 0.4) is 0 Å². The van der Waals surface area contributed by atoms with Crippen LogP contribution in [-0.4, -0.2) is 0 Å². The molecule has 0 N–H and O–H groups in total. The second-order valence-corrected chi connectivity index (χ2v) is 6.02. The Morgan fingerprint density at radius 2 is 1.72 bits per heavy atom. The summed E-state index contributed by atoms with van der Waals surface area (Å²) in [4.78, 5) is 13.0. The summed E-state index contributed by atoms with van der Waals surface area (Å²) in [5.74, 6) is 0.555. The molecule has 4 aromatic rings. The van der Waals surface area contributed by atoms with Crippen molar-refractivity contribution >= 4 is 21.9 Å². The molecule has 0 saturated heterocycles. The molecule has 124 valence electrons. The van der Waals surface area contributed by atoms with Gasteiger partial charge >= 0.3 is 0 Å². The van der Waals surface area contributed by atoms with E-state index in [2.05, 4.69) is 6.92 Å². The van der Waals surface area contributed by atoms with E-state index in [9.17, 15) is 4.79 Å². The average molecular weight is 330 g/mol. The zero-order chi connectivity index (χ0) is 17.2. The van der Waals surface area contributed by atoms with Crippen LogP contribution >= 0.6 is 0 Å². The van der Waals surface area contributed by atoms with Gasteiger partial charge in [0.15, 0.2) is 0 Å². The molecule has 0 unspecified atom stereocenters. The predicted octanol–water partition coefficient (Wildman–Crippen LogP) is 5.09. The van der Waals surface area contributed by atoms with Gasteiger partial charge < -0.3 is 9.15 Å². The first-order chi connectivity index (χ1) is 12.3. The van der Waals surface area contributed by atoms with E-state index in [1.165, 1.54) is 0 Å². The van der Waals surface area contributed by atoms with Gasteiger partial charge in [0, 0.05) is 0 Å². The Morgan fingerprint density at radius 1 is 0.880 bits per heavy atom. The number of fused-ring (bicyclic) bond motifs is 2. The molecule has 25 heavy (non-hydrogen) atoms. The van der Waals surface area contributed by atoms with Gasteiger partial charge in [0.25, 0.3) is 0 Å². The van der Waals surface area contributed by atoms with Crippen molar-refractivity contribution in [3.63, 3.8) is 0 Å². The molecule has 0 atom stereocenters. The Kier molecular flexibility index (Phi) is 3.98. The first-order valence-corrected chi connectivity index (χ1v) is 8.41. The van der Waals surface area contributed by atoms with E-state index in [-0.39, 0.29) is 5.43 Å². The highest BCUT2D eigenvalue weighted by atomic mass is 16.5. The Labute approximate surface area is 145 Å². The lowest BCUT2D eigenvalue weighted by Gasteiger charge is -2.10. The van der Waals surface area contributed by atoms with Crippen LogP contribution in [0.5, 0.6) is 5.75 Å². The first kappa shape index (κ1) is 15.5. The lowest BCUT2D eigenvalue weighted by molar-refractivity contribution is 0.309. The van der Waals surface area contributed by atoms with Crippen molar-refractivity contribution in [2.45, 2.75) is 20.0 Å². The van der Waals surface area contributed by atoms with Gasteiger partial charge in [-0.3, -0.25) is 4.79 Å². The molecule has 0 spiro atoms. The van der Waals surface area contributed by atoms with Gasteiger partial charge in [0.05, 0.1) is 5.39 Å². The van der Waals surface area contributed by atoms with Crippen LogP contribution in [0.4, 0.5) is 0 Å². The molecule has 0 radical (unpaired) electrons. The van der Waals surface area contributed by atoms with Crippen molar-refractivity contribution < 1.29 is 9.15 Å². The molecule has 4 rings (SSSR count). The van der Waals surface area contributed by atoms with E-state index in [1.54, 1.807) is 6.07 Å². The molecule has 0 amide bonds. The third kappa shape index (κ3) is 2.89. The minimum Gasteiger partial charge on any atom is -0.488 e. The highest BCUT2D eigenvalue weighted by Gasteiger charge is 2.13. The van der Waals surface area contributed by atoms with Crippen LogP contribution in [0.2, 0.25) is 0 Å². The number of rotatable bonds is 4. The van der Waals surface area contributed by atoms with Crippen molar-refractivity contribution in [1.29, 1.82) is 0 Å². The maximum Gasteiger partial charge on any atom is 0.204 e. The maximum atomic E-state index is 13.0. The fourth-order valence-corrected chi connectivity index (χ4v) is 2.99. The predicted molar refractivity (Wildman–Crippen MR) is 100 cm³/mol. The Bertz CT molecular complexity index is 1090. The molecule has 0 aliphatic carbocycles. The molecule has 0 saturated carbocycles. The summed E-state index contributed by atoms with van der Waals surface area (Å²) < 4.78 is 11.9. The van der Waals surface area contributed by atoms with Crippen molar-refractivity contribution in [3.05, 3.63) is 88.1 Å². The Hall–Kier alpha value is -3.07. The highest BCUT2D eigenvalue weighted by Crippen LogP contribution is 2.27. The van der Waals surface area contributed by atoms with Crippen molar-refractivity contribution in [2.24, 2.45) is 0 Å². The lowest BCUT2D eigenvalue weighted by atomic mass is 10.1. The molecule has 1 heterocycles. The van der Waals surface area contributed by atoms with Gasteiger partial charge in [-0.05, 0) is 41.8 Å². The van der Waals surface area contributed by atoms with Crippen molar-refractivity contribution in [3.8, 4) is 5.75 Å².